The molecule has 5 heteroatoms. The molecule has 2 heterocycles. The van der Waals surface area contributed by atoms with Crippen molar-refractivity contribution in [3.8, 4) is 0 Å². The predicted octanol–water partition coefficient (Wildman–Crippen LogP) is 0.554. The molecule has 1 atom stereocenters. The number of aryl methyl sites for hydroxylation is 1. The van der Waals surface area contributed by atoms with Gasteiger partial charge in [-0.05, 0) is 25.0 Å². The number of aromatic nitrogens is 1. The van der Waals surface area contributed by atoms with Crippen molar-refractivity contribution in [3.63, 3.8) is 0 Å². The summed E-state index contributed by atoms with van der Waals surface area (Å²) in [5, 5.41) is 6.31. The normalized spacial score (nSPS) is 17.7. The van der Waals surface area contributed by atoms with Crippen molar-refractivity contribution in [2.75, 3.05) is 26.2 Å². The van der Waals surface area contributed by atoms with Crippen molar-refractivity contribution in [1.29, 1.82) is 0 Å². The van der Waals surface area contributed by atoms with Gasteiger partial charge in [0.1, 0.15) is 0 Å². The van der Waals surface area contributed by atoms with Crippen LogP contribution in [0.4, 0.5) is 0 Å². The highest BCUT2D eigenvalue weighted by molar-refractivity contribution is 5.81. The molecule has 1 saturated heterocycles. The van der Waals surface area contributed by atoms with E-state index in [9.17, 15) is 4.79 Å². The van der Waals surface area contributed by atoms with Crippen LogP contribution in [-0.4, -0.2) is 48.0 Å². The van der Waals surface area contributed by atoms with Gasteiger partial charge in [0.05, 0.1) is 18.3 Å². The molecule has 0 aromatic carbocycles. The summed E-state index contributed by atoms with van der Waals surface area (Å²) >= 11 is 0. The van der Waals surface area contributed by atoms with E-state index >= 15 is 0 Å². The molecule has 2 rings (SSSR count). The summed E-state index contributed by atoms with van der Waals surface area (Å²) in [6.45, 7) is 8.36. The van der Waals surface area contributed by atoms with Gasteiger partial charge in [0.2, 0.25) is 5.91 Å². The Morgan fingerprint density at radius 3 is 2.95 bits per heavy atom. The zero-order valence-electron chi connectivity index (χ0n) is 12.4. The lowest BCUT2D eigenvalue weighted by Crippen LogP contribution is -2.52. The van der Waals surface area contributed by atoms with Crippen LogP contribution in [-0.2, 0) is 17.8 Å². The molecule has 2 N–H and O–H groups in total. The molecule has 1 aromatic heterocycles. The van der Waals surface area contributed by atoms with Crippen LogP contribution in [0.2, 0.25) is 0 Å². The maximum Gasteiger partial charge on any atom is 0.237 e. The molecule has 1 unspecified atom stereocenters. The van der Waals surface area contributed by atoms with Gasteiger partial charge in [0, 0.05) is 32.4 Å². The van der Waals surface area contributed by atoms with E-state index in [1.807, 2.05) is 13.0 Å². The molecule has 0 bridgehead atoms. The lowest BCUT2D eigenvalue weighted by atomic mass is 10.1. The number of amides is 1. The second kappa shape index (κ2) is 7.36. The Morgan fingerprint density at radius 2 is 2.25 bits per heavy atom. The standard InChI is InChI=1S/C15H24N4O/c1-3-13-5-4-6-17-14(13)11-18-15(20)12(2)19-9-7-16-8-10-19/h4-6,12,16H,3,7-11H2,1-2H3,(H,18,20). The highest BCUT2D eigenvalue weighted by atomic mass is 16.2. The van der Waals surface area contributed by atoms with Gasteiger partial charge in [-0.1, -0.05) is 13.0 Å². The fourth-order valence-electron chi connectivity index (χ4n) is 2.51. The number of hydrogen-bond donors (Lipinski definition) is 2. The SMILES string of the molecule is CCc1cccnc1CNC(=O)C(C)N1CCNCC1. The van der Waals surface area contributed by atoms with Gasteiger partial charge in [0.25, 0.3) is 0 Å². The first-order valence-electron chi connectivity index (χ1n) is 7.37. The summed E-state index contributed by atoms with van der Waals surface area (Å²) in [5.41, 5.74) is 2.17. The first kappa shape index (κ1) is 14.9. The minimum atomic E-state index is -0.0779. The molecule has 0 saturated carbocycles. The third-order valence-electron chi connectivity index (χ3n) is 3.87. The summed E-state index contributed by atoms with van der Waals surface area (Å²) in [4.78, 5) is 18.8. The third-order valence-corrected chi connectivity index (χ3v) is 3.87. The summed E-state index contributed by atoms with van der Waals surface area (Å²) in [7, 11) is 0. The van der Waals surface area contributed by atoms with E-state index in [2.05, 4.69) is 33.5 Å². The van der Waals surface area contributed by atoms with Crippen molar-refractivity contribution in [3.05, 3.63) is 29.6 Å². The number of pyridine rings is 1. The lowest BCUT2D eigenvalue weighted by molar-refractivity contribution is -0.126. The minimum absolute atomic E-state index is 0.0779. The predicted molar refractivity (Wildman–Crippen MR) is 79.4 cm³/mol. The van der Waals surface area contributed by atoms with Crippen molar-refractivity contribution in [2.24, 2.45) is 0 Å². The highest BCUT2D eigenvalue weighted by Gasteiger charge is 2.22. The van der Waals surface area contributed by atoms with Crippen LogP contribution in [0.1, 0.15) is 25.1 Å². The molecule has 1 aliphatic heterocycles. The molecule has 0 aliphatic carbocycles. The zero-order valence-corrected chi connectivity index (χ0v) is 12.4. The monoisotopic (exact) mass is 276 g/mol. The maximum atomic E-state index is 12.2. The summed E-state index contributed by atoms with van der Waals surface area (Å²) < 4.78 is 0. The molecule has 1 fully saturated rings. The van der Waals surface area contributed by atoms with Crippen molar-refractivity contribution in [2.45, 2.75) is 32.9 Å². The molecule has 1 amide bonds. The molecular formula is C15H24N4O. The van der Waals surface area contributed by atoms with Crippen LogP contribution in [0.3, 0.4) is 0 Å². The summed E-state index contributed by atoms with van der Waals surface area (Å²) in [5.74, 6) is 0.0830. The molecular weight excluding hydrogens is 252 g/mol. The summed E-state index contributed by atoms with van der Waals surface area (Å²) in [6.07, 6.45) is 2.72. The Bertz CT molecular complexity index is 443. The van der Waals surface area contributed by atoms with E-state index in [1.165, 1.54) is 5.56 Å². The zero-order chi connectivity index (χ0) is 14.4. The van der Waals surface area contributed by atoms with Crippen LogP contribution in [0, 0.1) is 0 Å². The van der Waals surface area contributed by atoms with Gasteiger partial charge in [0.15, 0.2) is 0 Å². The van der Waals surface area contributed by atoms with E-state index in [-0.39, 0.29) is 11.9 Å². The number of rotatable bonds is 5. The molecule has 110 valence electrons. The van der Waals surface area contributed by atoms with Gasteiger partial charge in [-0.15, -0.1) is 0 Å². The Balaban J connectivity index is 1.87. The number of nitrogens with zero attached hydrogens (tertiary/aromatic N) is 2. The Labute approximate surface area is 120 Å². The maximum absolute atomic E-state index is 12.2. The highest BCUT2D eigenvalue weighted by Crippen LogP contribution is 2.06. The Hall–Kier alpha value is -1.46. The van der Waals surface area contributed by atoms with Crippen LogP contribution in [0.15, 0.2) is 18.3 Å². The van der Waals surface area contributed by atoms with Crippen LogP contribution < -0.4 is 10.6 Å². The number of carbonyl (C=O) groups is 1. The number of nitrogens with one attached hydrogen (secondary N) is 2. The average molecular weight is 276 g/mol. The summed E-state index contributed by atoms with van der Waals surface area (Å²) in [6, 6.07) is 3.92. The van der Waals surface area contributed by atoms with Gasteiger partial charge < -0.3 is 10.6 Å². The lowest BCUT2D eigenvalue weighted by Gasteiger charge is -2.31. The first-order chi connectivity index (χ1) is 9.72. The van der Waals surface area contributed by atoms with Crippen LogP contribution >= 0.6 is 0 Å². The fourth-order valence-corrected chi connectivity index (χ4v) is 2.51. The Morgan fingerprint density at radius 1 is 1.50 bits per heavy atom. The first-order valence-corrected chi connectivity index (χ1v) is 7.37. The number of piperazine rings is 1. The van der Waals surface area contributed by atoms with E-state index in [0.717, 1.165) is 38.3 Å². The van der Waals surface area contributed by atoms with E-state index < -0.39 is 0 Å². The molecule has 20 heavy (non-hydrogen) atoms. The van der Waals surface area contributed by atoms with Gasteiger partial charge in [-0.2, -0.15) is 0 Å². The topological polar surface area (TPSA) is 57.3 Å². The Kier molecular flexibility index (Phi) is 5.49. The van der Waals surface area contributed by atoms with Crippen molar-refractivity contribution >= 4 is 5.91 Å². The fraction of sp³-hybridized carbons (Fsp3) is 0.600. The van der Waals surface area contributed by atoms with Crippen molar-refractivity contribution in [1.82, 2.24) is 20.5 Å². The van der Waals surface area contributed by atoms with Gasteiger partial charge in [-0.25, -0.2) is 0 Å². The van der Waals surface area contributed by atoms with E-state index in [1.54, 1.807) is 6.20 Å². The van der Waals surface area contributed by atoms with Crippen LogP contribution in [0.5, 0.6) is 0 Å². The number of carbonyl (C=O) groups excluding carboxylic acids is 1. The second-order valence-electron chi connectivity index (χ2n) is 5.14. The molecule has 5 nitrogen and oxygen atoms in total. The van der Waals surface area contributed by atoms with Gasteiger partial charge >= 0.3 is 0 Å². The minimum Gasteiger partial charge on any atom is -0.349 e. The van der Waals surface area contributed by atoms with E-state index in [4.69, 9.17) is 0 Å². The smallest absolute Gasteiger partial charge is 0.237 e. The molecule has 0 radical (unpaired) electrons. The third kappa shape index (κ3) is 3.77. The quantitative estimate of drug-likeness (QED) is 0.825. The van der Waals surface area contributed by atoms with Gasteiger partial charge in [-0.3, -0.25) is 14.7 Å². The average Bonchev–Trinajstić information content (AvgIpc) is 2.53. The van der Waals surface area contributed by atoms with E-state index in [0.29, 0.717) is 6.54 Å². The van der Waals surface area contributed by atoms with Crippen LogP contribution in [0.25, 0.3) is 0 Å². The molecule has 1 aliphatic rings. The molecule has 1 aromatic rings. The second-order valence-corrected chi connectivity index (χ2v) is 5.14. The largest absolute Gasteiger partial charge is 0.349 e. The van der Waals surface area contributed by atoms with Crippen molar-refractivity contribution < 1.29 is 4.79 Å². The number of hydrogen-bond acceptors (Lipinski definition) is 4. The molecule has 0 spiro atoms.